The molecule has 0 aliphatic heterocycles. The van der Waals surface area contributed by atoms with E-state index in [1.54, 1.807) is 11.3 Å². The molecule has 0 aliphatic rings. The summed E-state index contributed by atoms with van der Waals surface area (Å²) in [6, 6.07) is 8.20. The molecule has 2 N–H and O–H groups in total. The summed E-state index contributed by atoms with van der Waals surface area (Å²) in [5, 5.41) is 2.94. The number of nitrogens with zero attached hydrogens (tertiary/aromatic N) is 1. The van der Waals surface area contributed by atoms with Gasteiger partial charge < -0.3 is 10.5 Å². The minimum Gasteiger partial charge on any atom is -0.487 e. The Labute approximate surface area is 112 Å². The molecule has 0 atom stereocenters. The molecule has 2 aromatic rings. The maximum absolute atomic E-state index is 5.74. The summed E-state index contributed by atoms with van der Waals surface area (Å²) in [7, 11) is 0. The van der Waals surface area contributed by atoms with E-state index < -0.39 is 0 Å². The molecule has 2 rings (SSSR count). The summed E-state index contributed by atoms with van der Waals surface area (Å²) in [6.45, 7) is 5.34. The van der Waals surface area contributed by atoms with E-state index in [4.69, 9.17) is 10.5 Å². The SMILES string of the molecule is CC(C)c1cccc(OCc2csc(CN)n2)c1. The molecule has 0 radical (unpaired) electrons. The first-order chi connectivity index (χ1) is 8.69. The lowest BCUT2D eigenvalue weighted by molar-refractivity contribution is 0.301. The maximum atomic E-state index is 5.74. The van der Waals surface area contributed by atoms with Crippen LogP contribution in [0.2, 0.25) is 0 Å². The Morgan fingerprint density at radius 2 is 2.22 bits per heavy atom. The summed E-state index contributed by atoms with van der Waals surface area (Å²) >= 11 is 1.58. The van der Waals surface area contributed by atoms with E-state index in [9.17, 15) is 0 Å². The molecule has 0 fully saturated rings. The molecule has 1 aromatic heterocycles. The van der Waals surface area contributed by atoms with Crippen LogP contribution in [0.15, 0.2) is 29.6 Å². The summed E-state index contributed by atoms with van der Waals surface area (Å²) in [5.74, 6) is 1.40. The van der Waals surface area contributed by atoms with Gasteiger partial charge in [-0.05, 0) is 23.6 Å². The number of ether oxygens (including phenoxy) is 1. The van der Waals surface area contributed by atoms with Crippen LogP contribution >= 0.6 is 11.3 Å². The van der Waals surface area contributed by atoms with Crippen LogP contribution in [0.4, 0.5) is 0 Å². The molecule has 0 unspecified atom stereocenters. The second-order valence-corrected chi connectivity index (χ2v) is 5.40. The van der Waals surface area contributed by atoms with Gasteiger partial charge in [-0.15, -0.1) is 11.3 Å². The van der Waals surface area contributed by atoms with Gasteiger partial charge >= 0.3 is 0 Å². The molecule has 3 nitrogen and oxygen atoms in total. The summed E-state index contributed by atoms with van der Waals surface area (Å²) in [5.41, 5.74) is 7.76. The van der Waals surface area contributed by atoms with Gasteiger partial charge in [0.1, 0.15) is 17.4 Å². The largest absolute Gasteiger partial charge is 0.487 e. The highest BCUT2D eigenvalue weighted by Gasteiger charge is 2.03. The van der Waals surface area contributed by atoms with E-state index in [1.807, 2.05) is 17.5 Å². The Morgan fingerprint density at radius 1 is 1.39 bits per heavy atom. The lowest BCUT2D eigenvalue weighted by Crippen LogP contribution is -1.99. The normalized spacial score (nSPS) is 10.9. The topological polar surface area (TPSA) is 48.1 Å². The fraction of sp³-hybridized carbons (Fsp3) is 0.357. The first kappa shape index (κ1) is 13.1. The minimum atomic E-state index is 0.494. The first-order valence-electron chi connectivity index (χ1n) is 6.05. The average molecular weight is 262 g/mol. The van der Waals surface area contributed by atoms with Gasteiger partial charge in [0.15, 0.2) is 0 Å². The fourth-order valence-electron chi connectivity index (χ4n) is 1.63. The van der Waals surface area contributed by atoms with Gasteiger partial charge in [-0.25, -0.2) is 4.98 Å². The van der Waals surface area contributed by atoms with Crippen LogP contribution in [0.5, 0.6) is 5.75 Å². The van der Waals surface area contributed by atoms with Gasteiger partial charge in [0.05, 0.1) is 5.69 Å². The van der Waals surface area contributed by atoms with Crippen molar-refractivity contribution in [2.75, 3.05) is 0 Å². The number of hydrogen-bond acceptors (Lipinski definition) is 4. The van der Waals surface area contributed by atoms with Crippen LogP contribution in [0.1, 0.15) is 36.0 Å². The van der Waals surface area contributed by atoms with E-state index in [0.29, 0.717) is 19.1 Å². The highest BCUT2D eigenvalue weighted by molar-refractivity contribution is 7.09. The molecule has 0 saturated heterocycles. The number of nitrogens with two attached hydrogens (primary N) is 1. The molecule has 0 amide bonds. The smallest absolute Gasteiger partial charge is 0.131 e. The predicted molar refractivity (Wildman–Crippen MR) is 74.9 cm³/mol. The molecule has 4 heteroatoms. The zero-order valence-electron chi connectivity index (χ0n) is 10.7. The molecule has 1 heterocycles. The zero-order chi connectivity index (χ0) is 13.0. The first-order valence-corrected chi connectivity index (χ1v) is 6.93. The van der Waals surface area contributed by atoms with Crippen LogP contribution in [-0.2, 0) is 13.2 Å². The molecule has 0 spiro atoms. The van der Waals surface area contributed by atoms with Crippen LogP contribution in [0.25, 0.3) is 0 Å². The fourth-order valence-corrected chi connectivity index (χ4v) is 2.29. The van der Waals surface area contributed by atoms with Crippen molar-refractivity contribution >= 4 is 11.3 Å². The van der Waals surface area contributed by atoms with Gasteiger partial charge in [0.25, 0.3) is 0 Å². The predicted octanol–water partition coefficient (Wildman–Crippen LogP) is 3.30. The Hall–Kier alpha value is -1.39. The third-order valence-corrected chi connectivity index (χ3v) is 3.61. The summed E-state index contributed by atoms with van der Waals surface area (Å²) < 4.78 is 5.74. The van der Waals surface area contributed by atoms with Crippen LogP contribution in [-0.4, -0.2) is 4.98 Å². The Kier molecular flexibility index (Phi) is 4.33. The minimum absolute atomic E-state index is 0.494. The van der Waals surface area contributed by atoms with Crippen molar-refractivity contribution in [1.29, 1.82) is 0 Å². The van der Waals surface area contributed by atoms with Gasteiger partial charge in [-0.1, -0.05) is 26.0 Å². The molecule has 0 bridgehead atoms. The number of benzene rings is 1. The van der Waals surface area contributed by atoms with Crippen molar-refractivity contribution in [2.24, 2.45) is 5.73 Å². The number of thiazole rings is 1. The monoisotopic (exact) mass is 262 g/mol. The maximum Gasteiger partial charge on any atom is 0.131 e. The van der Waals surface area contributed by atoms with Gasteiger partial charge in [0, 0.05) is 11.9 Å². The summed E-state index contributed by atoms with van der Waals surface area (Å²) in [6.07, 6.45) is 0. The number of aromatic nitrogens is 1. The Morgan fingerprint density at radius 3 is 2.89 bits per heavy atom. The molecule has 96 valence electrons. The van der Waals surface area contributed by atoms with Gasteiger partial charge in [0.2, 0.25) is 0 Å². The quantitative estimate of drug-likeness (QED) is 0.899. The second-order valence-electron chi connectivity index (χ2n) is 4.45. The number of rotatable bonds is 5. The van der Waals surface area contributed by atoms with E-state index in [0.717, 1.165) is 16.5 Å². The molecular formula is C14H18N2OS. The summed E-state index contributed by atoms with van der Waals surface area (Å²) in [4.78, 5) is 4.37. The van der Waals surface area contributed by atoms with Crippen LogP contribution in [0.3, 0.4) is 0 Å². The average Bonchev–Trinajstić information content (AvgIpc) is 2.84. The molecule has 0 saturated carbocycles. The highest BCUT2D eigenvalue weighted by Crippen LogP contribution is 2.21. The van der Waals surface area contributed by atoms with E-state index in [2.05, 4.69) is 31.0 Å². The molecule has 18 heavy (non-hydrogen) atoms. The molecular weight excluding hydrogens is 244 g/mol. The van der Waals surface area contributed by atoms with Crippen LogP contribution < -0.4 is 10.5 Å². The lowest BCUT2D eigenvalue weighted by Gasteiger charge is -2.09. The number of hydrogen-bond donors (Lipinski definition) is 1. The second kappa shape index (κ2) is 5.98. The van der Waals surface area contributed by atoms with Crippen molar-refractivity contribution in [3.05, 3.63) is 45.9 Å². The lowest BCUT2D eigenvalue weighted by atomic mass is 10.0. The van der Waals surface area contributed by atoms with Crippen LogP contribution in [0, 0.1) is 0 Å². The van der Waals surface area contributed by atoms with Gasteiger partial charge in [-0.3, -0.25) is 0 Å². The third-order valence-electron chi connectivity index (χ3n) is 2.69. The van der Waals surface area contributed by atoms with Crippen molar-refractivity contribution in [1.82, 2.24) is 4.98 Å². The Balaban J connectivity index is 1.99. The van der Waals surface area contributed by atoms with E-state index in [1.165, 1.54) is 5.56 Å². The van der Waals surface area contributed by atoms with Gasteiger partial charge in [-0.2, -0.15) is 0 Å². The van der Waals surface area contributed by atoms with Crippen molar-refractivity contribution in [3.8, 4) is 5.75 Å². The standard InChI is InChI=1S/C14H18N2OS/c1-10(2)11-4-3-5-13(6-11)17-8-12-9-18-14(7-15)16-12/h3-6,9-10H,7-8,15H2,1-2H3. The van der Waals surface area contributed by atoms with Crippen molar-refractivity contribution < 1.29 is 4.74 Å². The van der Waals surface area contributed by atoms with Crippen molar-refractivity contribution in [3.63, 3.8) is 0 Å². The van der Waals surface area contributed by atoms with E-state index in [-0.39, 0.29) is 0 Å². The molecule has 1 aromatic carbocycles. The van der Waals surface area contributed by atoms with E-state index >= 15 is 0 Å². The highest BCUT2D eigenvalue weighted by atomic mass is 32.1. The van der Waals surface area contributed by atoms with Crippen molar-refractivity contribution in [2.45, 2.75) is 32.9 Å². The zero-order valence-corrected chi connectivity index (χ0v) is 11.5. The Bertz CT molecular complexity index is 508. The third kappa shape index (κ3) is 3.31. The molecule has 0 aliphatic carbocycles.